The summed E-state index contributed by atoms with van der Waals surface area (Å²) in [5.74, 6) is -0.490. The topological polar surface area (TPSA) is 52.6 Å². The minimum atomic E-state index is -0.397. The van der Waals surface area contributed by atoms with Crippen LogP contribution in [0.4, 0.5) is 0 Å². The summed E-state index contributed by atoms with van der Waals surface area (Å²) in [5.41, 5.74) is 0. The lowest BCUT2D eigenvalue weighted by atomic mass is 10.5. The molecule has 4 heteroatoms. The number of hydrogen-bond donors (Lipinski definition) is 2. The maximum absolute atomic E-state index is 10.7. The second-order valence-electron chi connectivity index (χ2n) is 2.11. The molecule has 0 rings (SSSR count). The van der Waals surface area contributed by atoms with Crippen molar-refractivity contribution in [1.29, 1.82) is 0 Å². The summed E-state index contributed by atoms with van der Waals surface area (Å²) in [6, 6.07) is 0. The first-order valence-corrected chi connectivity index (χ1v) is 3.07. The first-order valence-electron chi connectivity index (χ1n) is 3.07. The third-order valence-electron chi connectivity index (χ3n) is 0.963. The quantitative estimate of drug-likeness (QED) is 0.453. The lowest BCUT2D eigenvalue weighted by molar-refractivity contribution is -0.115. The Morgan fingerprint density at radius 3 is 2.55 bits per heavy atom. The molecular weight excluding hydrogens is 144 g/mol. The number of nitrogens with one attached hydrogen (secondary N) is 1. The summed E-state index contributed by atoms with van der Waals surface area (Å²) in [5, 5.41) is 11.3. The highest BCUT2D eigenvalue weighted by molar-refractivity contribution is 5.88. The van der Waals surface area contributed by atoms with Crippen molar-refractivity contribution in [3.8, 4) is 0 Å². The van der Waals surface area contributed by atoms with Gasteiger partial charge >= 0.3 is 0 Å². The average Bonchev–Trinajstić information content (AvgIpc) is 1.87. The normalized spacial score (nSPS) is 10.5. The Kier molecular flexibility index (Phi) is 3.80. The van der Waals surface area contributed by atoms with E-state index < -0.39 is 5.91 Å². The third-order valence-corrected chi connectivity index (χ3v) is 0.963. The maximum Gasteiger partial charge on any atom is 0.253 e. The first kappa shape index (κ1) is 9.55. The third kappa shape index (κ3) is 4.02. The zero-order valence-corrected chi connectivity index (χ0v) is 6.66. The van der Waals surface area contributed by atoms with E-state index in [0.717, 1.165) is 6.08 Å². The van der Waals surface area contributed by atoms with Gasteiger partial charge in [-0.1, -0.05) is 6.58 Å². The lowest BCUT2D eigenvalue weighted by Gasteiger charge is -2.09. The SMILES string of the molecule is C=CNC(=O)/C=C(/O)N(C)C. The van der Waals surface area contributed by atoms with Crippen LogP contribution in [0.3, 0.4) is 0 Å². The molecule has 0 aromatic carbocycles. The van der Waals surface area contributed by atoms with Gasteiger partial charge in [0.25, 0.3) is 5.91 Å². The fraction of sp³-hybridized carbons (Fsp3) is 0.286. The van der Waals surface area contributed by atoms with Gasteiger partial charge in [0, 0.05) is 14.1 Å². The Balaban J connectivity index is 4.07. The van der Waals surface area contributed by atoms with Crippen molar-refractivity contribution in [3.05, 3.63) is 24.7 Å². The van der Waals surface area contributed by atoms with E-state index >= 15 is 0 Å². The molecule has 4 nitrogen and oxygen atoms in total. The number of amides is 1. The van der Waals surface area contributed by atoms with Crippen LogP contribution in [0.5, 0.6) is 0 Å². The first-order chi connectivity index (χ1) is 5.07. The molecule has 0 saturated carbocycles. The van der Waals surface area contributed by atoms with Gasteiger partial charge in [0.05, 0.1) is 6.08 Å². The van der Waals surface area contributed by atoms with Crippen molar-refractivity contribution in [2.24, 2.45) is 0 Å². The number of aliphatic hydroxyl groups is 1. The van der Waals surface area contributed by atoms with Gasteiger partial charge in [0.1, 0.15) is 0 Å². The Morgan fingerprint density at radius 1 is 1.64 bits per heavy atom. The molecule has 0 aliphatic heterocycles. The van der Waals surface area contributed by atoms with E-state index in [-0.39, 0.29) is 5.88 Å². The molecule has 62 valence electrons. The standard InChI is InChI=1S/C7H12N2O2/c1-4-8-6(10)5-7(11)9(2)3/h4-5,11H,1H2,2-3H3,(H,8,10)/b7-5+. The fourth-order valence-electron chi connectivity index (χ4n) is 0.389. The minimum absolute atomic E-state index is 0.0932. The highest BCUT2D eigenvalue weighted by Gasteiger charge is 1.98. The molecule has 0 atom stereocenters. The van der Waals surface area contributed by atoms with Crippen LogP contribution in [-0.4, -0.2) is 30.0 Å². The van der Waals surface area contributed by atoms with Gasteiger partial charge in [-0.3, -0.25) is 4.79 Å². The Morgan fingerprint density at radius 2 is 2.18 bits per heavy atom. The van der Waals surface area contributed by atoms with Crippen molar-refractivity contribution < 1.29 is 9.90 Å². The second kappa shape index (κ2) is 4.38. The van der Waals surface area contributed by atoms with Crippen molar-refractivity contribution in [2.75, 3.05) is 14.1 Å². The molecule has 0 bridgehead atoms. The van der Waals surface area contributed by atoms with E-state index in [0.29, 0.717) is 0 Å². The molecule has 0 aliphatic rings. The van der Waals surface area contributed by atoms with Crippen LogP contribution in [0.15, 0.2) is 24.7 Å². The molecule has 1 amide bonds. The van der Waals surface area contributed by atoms with E-state index in [1.165, 1.54) is 11.1 Å². The summed E-state index contributed by atoms with van der Waals surface area (Å²) in [6.45, 7) is 3.30. The molecule has 0 unspecified atom stereocenters. The van der Waals surface area contributed by atoms with Gasteiger partial charge in [-0.05, 0) is 6.20 Å². The number of carbonyl (C=O) groups is 1. The second-order valence-corrected chi connectivity index (χ2v) is 2.11. The van der Waals surface area contributed by atoms with Crippen molar-refractivity contribution >= 4 is 5.91 Å². The van der Waals surface area contributed by atoms with Gasteiger partial charge in [-0.25, -0.2) is 0 Å². The zero-order chi connectivity index (χ0) is 8.85. The summed E-state index contributed by atoms with van der Waals surface area (Å²) < 4.78 is 0. The smallest absolute Gasteiger partial charge is 0.253 e. The predicted molar refractivity (Wildman–Crippen MR) is 42.7 cm³/mol. The minimum Gasteiger partial charge on any atom is -0.495 e. The van der Waals surface area contributed by atoms with Crippen LogP contribution in [0.25, 0.3) is 0 Å². The van der Waals surface area contributed by atoms with Gasteiger partial charge in [0.15, 0.2) is 5.88 Å². The maximum atomic E-state index is 10.7. The largest absolute Gasteiger partial charge is 0.495 e. The highest BCUT2D eigenvalue weighted by Crippen LogP contribution is 1.90. The molecule has 2 N–H and O–H groups in total. The highest BCUT2D eigenvalue weighted by atomic mass is 16.3. The van der Waals surface area contributed by atoms with Crippen LogP contribution in [-0.2, 0) is 4.79 Å². The molecule has 0 radical (unpaired) electrons. The van der Waals surface area contributed by atoms with E-state index in [4.69, 9.17) is 5.11 Å². The summed E-state index contributed by atoms with van der Waals surface area (Å²) >= 11 is 0. The molecular formula is C7H12N2O2. The van der Waals surface area contributed by atoms with Gasteiger partial charge in [-0.15, -0.1) is 0 Å². The molecule has 0 saturated heterocycles. The number of nitrogens with zero attached hydrogens (tertiary/aromatic N) is 1. The van der Waals surface area contributed by atoms with Crippen LogP contribution in [0, 0.1) is 0 Å². The molecule has 0 aromatic rings. The van der Waals surface area contributed by atoms with Crippen molar-refractivity contribution in [1.82, 2.24) is 10.2 Å². The summed E-state index contributed by atoms with van der Waals surface area (Å²) in [4.78, 5) is 12.1. The molecule has 11 heavy (non-hydrogen) atoms. The summed E-state index contributed by atoms with van der Waals surface area (Å²) in [7, 11) is 3.26. The van der Waals surface area contributed by atoms with E-state index in [1.807, 2.05) is 0 Å². The molecule has 0 spiro atoms. The molecule has 0 heterocycles. The Hall–Kier alpha value is -1.45. The van der Waals surface area contributed by atoms with Crippen molar-refractivity contribution in [3.63, 3.8) is 0 Å². The molecule has 0 aromatic heterocycles. The van der Waals surface area contributed by atoms with Gasteiger partial charge in [0.2, 0.25) is 0 Å². The Bertz CT molecular complexity index is 185. The predicted octanol–water partition coefficient (Wildman–Crippen LogP) is 0.207. The zero-order valence-electron chi connectivity index (χ0n) is 6.66. The number of aliphatic hydroxyl groups excluding tert-OH is 1. The monoisotopic (exact) mass is 156 g/mol. The molecule has 0 aliphatic carbocycles. The lowest BCUT2D eigenvalue weighted by Crippen LogP contribution is -2.18. The van der Waals surface area contributed by atoms with E-state index in [2.05, 4.69) is 11.9 Å². The van der Waals surface area contributed by atoms with Gasteiger partial charge in [-0.2, -0.15) is 0 Å². The van der Waals surface area contributed by atoms with Crippen LogP contribution in [0.1, 0.15) is 0 Å². The fourth-order valence-corrected chi connectivity index (χ4v) is 0.389. The van der Waals surface area contributed by atoms with Crippen LogP contribution in [0.2, 0.25) is 0 Å². The average molecular weight is 156 g/mol. The molecule has 0 fully saturated rings. The van der Waals surface area contributed by atoms with Crippen LogP contribution >= 0.6 is 0 Å². The number of hydrogen-bond acceptors (Lipinski definition) is 3. The van der Waals surface area contributed by atoms with Crippen LogP contribution < -0.4 is 5.32 Å². The number of carbonyl (C=O) groups excluding carboxylic acids is 1. The number of rotatable bonds is 3. The van der Waals surface area contributed by atoms with Crippen molar-refractivity contribution in [2.45, 2.75) is 0 Å². The Labute approximate surface area is 65.8 Å². The summed E-state index contributed by atoms with van der Waals surface area (Å²) in [6.07, 6.45) is 2.32. The van der Waals surface area contributed by atoms with Gasteiger partial charge < -0.3 is 15.3 Å². The van der Waals surface area contributed by atoms with E-state index in [9.17, 15) is 4.79 Å². The van der Waals surface area contributed by atoms with E-state index in [1.54, 1.807) is 14.1 Å².